The number of rotatable bonds is 5. The molecule has 1 aromatic carbocycles. The molecule has 1 saturated carbocycles. The van der Waals surface area contributed by atoms with Gasteiger partial charge in [-0.2, -0.15) is 5.10 Å². The molecule has 2 heterocycles. The molecule has 4 rings (SSSR count). The topological polar surface area (TPSA) is 38.1 Å². The zero-order valence-electron chi connectivity index (χ0n) is 14.3. The molecule has 1 aliphatic heterocycles. The molecule has 0 N–H and O–H groups in total. The fraction of sp³-hybridized carbons (Fsp3) is 0.500. The summed E-state index contributed by atoms with van der Waals surface area (Å²) < 4.78 is 1.83. The van der Waals surface area contributed by atoms with Gasteiger partial charge < -0.3 is 4.90 Å². The van der Waals surface area contributed by atoms with Gasteiger partial charge in [-0.05, 0) is 49.1 Å². The lowest BCUT2D eigenvalue weighted by Gasteiger charge is -2.25. The second kappa shape index (κ2) is 6.42. The molecule has 1 aliphatic carbocycles. The molecule has 24 heavy (non-hydrogen) atoms. The first-order chi connectivity index (χ1) is 11.7. The SMILES string of the molecule is Cn1cc([C@@H]2C[C@@H]2C(=O)N2CCC[C@H]2CCc2ccccc2)cn1. The van der Waals surface area contributed by atoms with Gasteiger partial charge in [0, 0.05) is 31.7 Å². The van der Waals surface area contributed by atoms with Gasteiger partial charge in [0.2, 0.25) is 5.91 Å². The van der Waals surface area contributed by atoms with Gasteiger partial charge in [-0.25, -0.2) is 0 Å². The van der Waals surface area contributed by atoms with E-state index in [1.54, 1.807) is 0 Å². The van der Waals surface area contributed by atoms with Crippen LogP contribution in [0.3, 0.4) is 0 Å². The van der Waals surface area contributed by atoms with Crippen molar-refractivity contribution in [3.8, 4) is 0 Å². The van der Waals surface area contributed by atoms with Crippen molar-refractivity contribution in [2.45, 2.75) is 44.1 Å². The number of aromatic nitrogens is 2. The number of hydrogen-bond donors (Lipinski definition) is 0. The Hall–Kier alpha value is -2.10. The standard InChI is InChI=1S/C20H25N3O/c1-22-14-16(13-21-22)18-12-19(18)20(24)23-11-5-8-17(23)10-9-15-6-3-2-4-7-15/h2-4,6-7,13-14,17-19H,5,8-12H2,1H3/t17-,18-,19-/m0/s1. The van der Waals surface area contributed by atoms with Crippen molar-refractivity contribution in [3.63, 3.8) is 0 Å². The number of hydrogen-bond acceptors (Lipinski definition) is 2. The lowest BCUT2D eigenvalue weighted by atomic mass is 10.0. The molecule has 2 aromatic rings. The number of nitrogens with zero attached hydrogens (tertiary/aromatic N) is 3. The van der Waals surface area contributed by atoms with E-state index in [9.17, 15) is 4.79 Å². The van der Waals surface area contributed by atoms with Crippen LogP contribution in [-0.2, 0) is 18.3 Å². The lowest BCUT2D eigenvalue weighted by Crippen LogP contribution is -2.37. The van der Waals surface area contributed by atoms with Crippen LogP contribution in [0.1, 0.15) is 42.7 Å². The molecule has 3 atom stereocenters. The van der Waals surface area contributed by atoms with Crippen LogP contribution >= 0.6 is 0 Å². The van der Waals surface area contributed by atoms with Crippen LogP contribution in [-0.4, -0.2) is 33.2 Å². The van der Waals surface area contributed by atoms with E-state index in [1.807, 2.05) is 17.9 Å². The Labute approximate surface area is 143 Å². The van der Waals surface area contributed by atoms with Crippen LogP contribution in [0.2, 0.25) is 0 Å². The Balaban J connectivity index is 1.35. The fourth-order valence-corrected chi connectivity index (χ4v) is 4.08. The average Bonchev–Trinajstić information content (AvgIpc) is 3.05. The molecule has 2 fully saturated rings. The number of benzene rings is 1. The van der Waals surface area contributed by atoms with Gasteiger partial charge in [0.25, 0.3) is 0 Å². The van der Waals surface area contributed by atoms with Crippen LogP contribution in [0.5, 0.6) is 0 Å². The van der Waals surface area contributed by atoms with Crippen molar-refractivity contribution in [2.24, 2.45) is 13.0 Å². The van der Waals surface area contributed by atoms with Crippen molar-refractivity contribution < 1.29 is 4.79 Å². The predicted octanol–water partition coefficient (Wildman–Crippen LogP) is 3.15. The van der Waals surface area contributed by atoms with Gasteiger partial charge in [0.15, 0.2) is 0 Å². The Morgan fingerprint density at radius 1 is 1.29 bits per heavy atom. The Morgan fingerprint density at radius 3 is 2.88 bits per heavy atom. The lowest BCUT2D eigenvalue weighted by molar-refractivity contribution is -0.133. The van der Waals surface area contributed by atoms with E-state index in [2.05, 4.69) is 46.5 Å². The third-order valence-electron chi connectivity index (χ3n) is 5.53. The second-order valence-electron chi connectivity index (χ2n) is 7.25. The van der Waals surface area contributed by atoms with E-state index in [0.717, 1.165) is 38.6 Å². The van der Waals surface area contributed by atoms with E-state index in [1.165, 1.54) is 11.1 Å². The third kappa shape index (κ3) is 3.10. The molecule has 0 spiro atoms. The summed E-state index contributed by atoms with van der Waals surface area (Å²) in [4.78, 5) is 15.1. The highest BCUT2D eigenvalue weighted by Gasteiger charge is 2.47. The van der Waals surface area contributed by atoms with E-state index in [4.69, 9.17) is 0 Å². The Bertz CT molecular complexity index is 709. The smallest absolute Gasteiger partial charge is 0.226 e. The van der Waals surface area contributed by atoms with Gasteiger partial charge in [0.05, 0.1) is 6.20 Å². The van der Waals surface area contributed by atoms with E-state index >= 15 is 0 Å². The number of carbonyl (C=O) groups excluding carboxylic acids is 1. The predicted molar refractivity (Wildman–Crippen MR) is 93.6 cm³/mol. The molecule has 126 valence electrons. The van der Waals surface area contributed by atoms with E-state index in [0.29, 0.717) is 17.9 Å². The Morgan fingerprint density at radius 2 is 2.12 bits per heavy atom. The van der Waals surface area contributed by atoms with Crippen LogP contribution in [0, 0.1) is 5.92 Å². The summed E-state index contributed by atoms with van der Waals surface area (Å²) in [5.41, 5.74) is 2.59. The summed E-state index contributed by atoms with van der Waals surface area (Å²) in [5.74, 6) is 0.951. The Kier molecular flexibility index (Phi) is 4.13. The molecular weight excluding hydrogens is 298 g/mol. The first-order valence-electron chi connectivity index (χ1n) is 9.05. The van der Waals surface area contributed by atoms with Crippen molar-refractivity contribution >= 4 is 5.91 Å². The van der Waals surface area contributed by atoms with Gasteiger partial charge >= 0.3 is 0 Å². The maximum atomic E-state index is 12.9. The number of amides is 1. The number of carbonyl (C=O) groups is 1. The molecule has 1 aromatic heterocycles. The van der Waals surface area contributed by atoms with Crippen LogP contribution in [0.25, 0.3) is 0 Å². The normalized spacial score (nSPS) is 25.9. The summed E-state index contributed by atoms with van der Waals surface area (Å²) >= 11 is 0. The zero-order chi connectivity index (χ0) is 16.5. The molecule has 0 unspecified atom stereocenters. The van der Waals surface area contributed by atoms with Crippen molar-refractivity contribution in [1.29, 1.82) is 0 Å². The number of likely N-dealkylation sites (tertiary alicyclic amines) is 1. The molecule has 1 saturated heterocycles. The first-order valence-corrected chi connectivity index (χ1v) is 9.05. The monoisotopic (exact) mass is 323 g/mol. The second-order valence-corrected chi connectivity index (χ2v) is 7.25. The largest absolute Gasteiger partial charge is 0.339 e. The first kappa shape index (κ1) is 15.4. The average molecular weight is 323 g/mol. The van der Waals surface area contributed by atoms with Gasteiger partial charge in [0.1, 0.15) is 0 Å². The maximum absolute atomic E-state index is 12.9. The highest BCUT2D eigenvalue weighted by molar-refractivity contribution is 5.83. The number of aryl methyl sites for hydroxylation is 2. The van der Waals surface area contributed by atoms with Crippen LogP contribution in [0.4, 0.5) is 0 Å². The van der Waals surface area contributed by atoms with Gasteiger partial charge in [-0.1, -0.05) is 30.3 Å². The summed E-state index contributed by atoms with van der Waals surface area (Å²) in [6, 6.07) is 11.0. The minimum absolute atomic E-state index is 0.187. The van der Waals surface area contributed by atoms with Crippen molar-refractivity contribution in [1.82, 2.24) is 14.7 Å². The van der Waals surface area contributed by atoms with E-state index in [-0.39, 0.29) is 5.92 Å². The quantitative estimate of drug-likeness (QED) is 0.848. The van der Waals surface area contributed by atoms with Crippen LogP contribution in [0.15, 0.2) is 42.7 Å². The highest BCUT2D eigenvalue weighted by atomic mass is 16.2. The third-order valence-corrected chi connectivity index (χ3v) is 5.53. The molecule has 2 aliphatic rings. The van der Waals surface area contributed by atoms with E-state index < -0.39 is 0 Å². The molecule has 4 nitrogen and oxygen atoms in total. The van der Waals surface area contributed by atoms with Gasteiger partial charge in [-0.15, -0.1) is 0 Å². The molecule has 0 bridgehead atoms. The highest BCUT2D eigenvalue weighted by Crippen LogP contribution is 2.49. The van der Waals surface area contributed by atoms with Crippen molar-refractivity contribution in [2.75, 3.05) is 6.54 Å². The summed E-state index contributed by atoms with van der Waals surface area (Å²) in [6.07, 6.45) is 9.40. The van der Waals surface area contributed by atoms with Crippen molar-refractivity contribution in [3.05, 3.63) is 53.9 Å². The summed E-state index contributed by atoms with van der Waals surface area (Å²) in [7, 11) is 1.93. The van der Waals surface area contributed by atoms with Gasteiger partial charge in [-0.3, -0.25) is 9.48 Å². The molecule has 4 heteroatoms. The molecular formula is C20H25N3O. The molecule has 0 radical (unpaired) electrons. The summed E-state index contributed by atoms with van der Waals surface area (Å²) in [5, 5.41) is 4.24. The fourth-order valence-electron chi connectivity index (χ4n) is 4.08. The molecule has 1 amide bonds. The zero-order valence-corrected chi connectivity index (χ0v) is 14.3. The minimum atomic E-state index is 0.187. The van der Waals surface area contributed by atoms with Crippen LogP contribution < -0.4 is 0 Å². The maximum Gasteiger partial charge on any atom is 0.226 e. The minimum Gasteiger partial charge on any atom is -0.339 e. The summed E-state index contributed by atoms with van der Waals surface area (Å²) in [6.45, 7) is 0.939.